The summed E-state index contributed by atoms with van der Waals surface area (Å²) < 4.78 is 45.0. The first-order chi connectivity index (χ1) is 14.1. The predicted octanol–water partition coefficient (Wildman–Crippen LogP) is 4.80. The number of rotatable bonds is 6. The number of alkyl halides is 3. The van der Waals surface area contributed by atoms with Gasteiger partial charge in [0, 0.05) is 16.9 Å². The van der Waals surface area contributed by atoms with Crippen LogP contribution in [-0.2, 0) is 6.18 Å². The van der Waals surface area contributed by atoms with Gasteiger partial charge in [-0.1, -0.05) is 18.2 Å². The van der Waals surface area contributed by atoms with Gasteiger partial charge in [0.05, 0.1) is 12.1 Å². The molecule has 0 aliphatic rings. The van der Waals surface area contributed by atoms with Gasteiger partial charge in [-0.15, -0.1) is 0 Å². The molecule has 30 heavy (non-hydrogen) atoms. The Morgan fingerprint density at radius 1 is 1.03 bits per heavy atom. The van der Waals surface area contributed by atoms with E-state index < -0.39 is 29.1 Å². The summed E-state index contributed by atoms with van der Waals surface area (Å²) in [5.74, 6) is -2.79. The molecule has 6 nitrogen and oxygen atoms in total. The third-order valence-electron chi connectivity index (χ3n) is 4.14. The summed E-state index contributed by atoms with van der Waals surface area (Å²) in [5.41, 5.74) is -0.115. The molecule has 1 aromatic heterocycles. The Morgan fingerprint density at radius 3 is 2.20 bits per heavy atom. The van der Waals surface area contributed by atoms with Crippen molar-refractivity contribution in [1.82, 2.24) is 4.98 Å². The number of oxazole rings is 1. The second-order valence-electron chi connectivity index (χ2n) is 7.26. The summed E-state index contributed by atoms with van der Waals surface area (Å²) in [6.07, 6.45) is -4.88. The monoisotopic (exact) mass is 419 g/mol. The highest BCUT2D eigenvalue weighted by molar-refractivity contribution is 6.04. The number of aliphatic hydroxyl groups excluding tert-OH is 1. The molecule has 158 valence electrons. The van der Waals surface area contributed by atoms with Crippen molar-refractivity contribution >= 4 is 17.3 Å². The van der Waals surface area contributed by atoms with E-state index in [-0.39, 0.29) is 18.2 Å². The Balaban J connectivity index is 1.83. The van der Waals surface area contributed by atoms with Crippen molar-refractivity contribution in [2.45, 2.75) is 25.6 Å². The zero-order valence-electron chi connectivity index (χ0n) is 16.2. The van der Waals surface area contributed by atoms with Gasteiger partial charge in [0.1, 0.15) is 0 Å². The fourth-order valence-electron chi connectivity index (χ4n) is 2.63. The number of amides is 1. The number of halogens is 3. The van der Waals surface area contributed by atoms with E-state index >= 15 is 0 Å². The Morgan fingerprint density at radius 2 is 1.63 bits per heavy atom. The second kappa shape index (κ2) is 8.19. The van der Waals surface area contributed by atoms with Gasteiger partial charge in [-0.3, -0.25) is 4.79 Å². The SMILES string of the molecule is CC(C)(CO)Nc1ccc(NC(=O)c2nc(-c3ccccc3)oc2C(F)(F)F)cc1. The fourth-order valence-corrected chi connectivity index (χ4v) is 2.63. The minimum absolute atomic E-state index is 0.0956. The van der Waals surface area contributed by atoms with Crippen molar-refractivity contribution in [3.8, 4) is 11.5 Å². The average molecular weight is 419 g/mol. The van der Waals surface area contributed by atoms with Crippen LogP contribution in [0, 0.1) is 0 Å². The van der Waals surface area contributed by atoms with E-state index in [1.54, 1.807) is 44.2 Å². The van der Waals surface area contributed by atoms with E-state index in [0.29, 0.717) is 11.3 Å². The summed E-state index contributed by atoms with van der Waals surface area (Å²) in [5, 5.41) is 14.8. The van der Waals surface area contributed by atoms with Gasteiger partial charge in [-0.2, -0.15) is 13.2 Å². The first-order valence-electron chi connectivity index (χ1n) is 9.03. The number of carbonyl (C=O) groups excluding carboxylic acids is 1. The maximum atomic E-state index is 13.4. The average Bonchev–Trinajstić information content (AvgIpc) is 3.16. The van der Waals surface area contributed by atoms with Gasteiger partial charge in [-0.25, -0.2) is 4.98 Å². The maximum absolute atomic E-state index is 13.4. The Kier molecular flexibility index (Phi) is 5.84. The topological polar surface area (TPSA) is 87.4 Å². The first-order valence-corrected chi connectivity index (χ1v) is 9.03. The Labute approximate surface area is 170 Å². The lowest BCUT2D eigenvalue weighted by Gasteiger charge is -2.25. The van der Waals surface area contributed by atoms with Gasteiger partial charge in [-0.05, 0) is 50.2 Å². The van der Waals surface area contributed by atoms with Crippen LogP contribution in [0.5, 0.6) is 0 Å². The van der Waals surface area contributed by atoms with E-state index in [1.807, 2.05) is 0 Å². The van der Waals surface area contributed by atoms with Crippen molar-refractivity contribution in [1.29, 1.82) is 0 Å². The third kappa shape index (κ3) is 4.98. The number of hydrogen-bond donors (Lipinski definition) is 3. The number of anilines is 2. The van der Waals surface area contributed by atoms with Gasteiger partial charge in [0.2, 0.25) is 11.7 Å². The summed E-state index contributed by atoms with van der Waals surface area (Å²) in [6, 6.07) is 14.3. The summed E-state index contributed by atoms with van der Waals surface area (Å²) >= 11 is 0. The van der Waals surface area contributed by atoms with Crippen molar-refractivity contribution in [3.63, 3.8) is 0 Å². The van der Waals surface area contributed by atoms with Crippen molar-refractivity contribution in [3.05, 3.63) is 66.1 Å². The number of aliphatic hydroxyl groups is 1. The molecular formula is C21H20F3N3O3. The molecule has 9 heteroatoms. The highest BCUT2D eigenvalue weighted by Crippen LogP contribution is 2.35. The van der Waals surface area contributed by atoms with E-state index in [0.717, 1.165) is 0 Å². The van der Waals surface area contributed by atoms with Crippen LogP contribution >= 0.6 is 0 Å². The quantitative estimate of drug-likeness (QED) is 0.535. The minimum atomic E-state index is -4.88. The minimum Gasteiger partial charge on any atom is -0.431 e. The molecule has 1 heterocycles. The molecule has 0 atom stereocenters. The maximum Gasteiger partial charge on any atom is 0.452 e. The number of nitrogens with one attached hydrogen (secondary N) is 2. The van der Waals surface area contributed by atoms with Crippen LogP contribution in [0.2, 0.25) is 0 Å². The molecule has 0 unspecified atom stereocenters. The molecular weight excluding hydrogens is 399 g/mol. The molecule has 0 saturated heterocycles. The number of hydrogen-bond acceptors (Lipinski definition) is 5. The molecule has 0 aliphatic heterocycles. The molecule has 0 saturated carbocycles. The highest BCUT2D eigenvalue weighted by atomic mass is 19.4. The zero-order valence-corrected chi connectivity index (χ0v) is 16.2. The van der Waals surface area contributed by atoms with Crippen molar-refractivity contribution < 1.29 is 27.5 Å². The molecule has 3 N–H and O–H groups in total. The summed E-state index contributed by atoms with van der Waals surface area (Å²) in [7, 11) is 0. The van der Waals surface area contributed by atoms with Crippen molar-refractivity contribution in [2.24, 2.45) is 0 Å². The molecule has 3 rings (SSSR count). The number of carbonyl (C=O) groups is 1. The molecule has 2 aromatic carbocycles. The number of benzene rings is 2. The predicted molar refractivity (Wildman–Crippen MR) is 106 cm³/mol. The van der Waals surface area contributed by atoms with Crippen LogP contribution in [0.3, 0.4) is 0 Å². The van der Waals surface area contributed by atoms with Crippen LogP contribution in [0.1, 0.15) is 30.1 Å². The standard InChI is InChI=1S/C21H20F3N3O3/c1-20(2,12-28)27-15-10-8-14(9-11-15)25-18(29)16-17(21(22,23)24)30-19(26-16)13-6-4-3-5-7-13/h3-11,27-28H,12H2,1-2H3,(H,25,29). The lowest BCUT2D eigenvalue weighted by atomic mass is 10.1. The molecule has 0 bridgehead atoms. The largest absolute Gasteiger partial charge is 0.452 e. The van der Waals surface area contributed by atoms with E-state index in [9.17, 15) is 23.1 Å². The lowest BCUT2D eigenvalue weighted by Crippen LogP contribution is -2.34. The number of aromatic nitrogens is 1. The smallest absolute Gasteiger partial charge is 0.431 e. The first kappa shape index (κ1) is 21.4. The summed E-state index contributed by atoms with van der Waals surface area (Å²) in [6.45, 7) is 3.51. The van der Waals surface area contributed by atoms with Gasteiger partial charge in [0.15, 0.2) is 5.69 Å². The molecule has 1 amide bonds. The van der Waals surface area contributed by atoms with E-state index in [1.165, 1.54) is 24.3 Å². The van der Waals surface area contributed by atoms with Gasteiger partial charge in [0.25, 0.3) is 5.91 Å². The zero-order chi connectivity index (χ0) is 21.9. The lowest BCUT2D eigenvalue weighted by molar-refractivity contribution is -0.153. The fraction of sp³-hybridized carbons (Fsp3) is 0.238. The number of nitrogens with zero attached hydrogens (tertiary/aromatic N) is 1. The second-order valence-corrected chi connectivity index (χ2v) is 7.26. The van der Waals surface area contributed by atoms with E-state index in [4.69, 9.17) is 4.42 Å². The van der Waals surface area contributed by atoms with Crippen LogP contribution in [0.15, 0.2) is 59.0 Å². The van der Waals surface area contributed by atoms with Gasteiger partial charge < -0.3 is 20.2 Å². The molecule has 0 aliphatic carbocycles. The van der Waals surface area contributed by atoms with Gasteiger partial charge >= 0.3 is 6.18 Å². The van der Waals surface area contributed by atoms with Crippen LogP contribution in [0.25, 0.3) is 11.5 Å². The third-order valence-corrected chi connectivity index (χ3v) is 4.14. The van der Waals surface area contributed by atoms with Crippen LogP contribution < -0.4 is 10.6 Å². The normalized spacial score (nSPS) is 11.9. The molecule has 3 aromatic rings. The summed E-state index contributed by atoms with van der Waals surface area (Å²) in [4.78, 5) is 16.3. The van der Waals surface area contributed by atoms with Crippen molar-refractivity contribution in [2.75, 3.05) is 17.2 Å². The Bertz CT molecular complexity index is 1010. The molecule has 0 spiro atoms. The highest BCUT2D eigenvalue weighted by Gasteiger charge is 2.42. The van der Waals surface area contributed by atoms with E-state index in [2.05, 4.69) is 15.6 Å². The molecule has 0 fully saturated rings. The molecule has 0 radical (unpaired) electrons. The van der Waals surface area contributed by atoms with Crippen LogP contribution in [0.4, 0.5) is 24.5 Å². The Hall–Kier alpha value is -3.33. The van der Waals surface area contributed by atoms with Crippen LogP contribution in [-0.4, -0.2) is 28.1 Å².